The van der Waals surface area contributed by atoms with Crippen molar-refractivity contribution >= 4 is 0 Å². The van der Waals surface area contributed by atoms with Crippen LogP contribution in [0.4, 0.5) is 0 Å². The van der Waals surface area contributed by atoms with Crippen molar-refractivity contribution in [2.45, 2.75) is 33.1 Å². The third kappa shape index (κ3) is 1.85. The zero-order valence-corrected chi connectivity index (χ0v) is 6.35. The van der Waals surface area contributed by atoms with Gasteiger partial charge < -0.3 is 0 Å². The van der Waals surface area contributed by atoms with Gasteiger partial charge in [-0.1, -0.05) is 19.9 Å². The van der Waals surface area contributed by atoms with Gasteiger partial charge in [0.05, 0.1) is 0 Å². The third-order valence-corrected chi connectivity index (χ3v) is 2.05. The van der Waals surface area contributed by atoms with E-state index in [1.165, 1.54) is 19.3 Å². The lowest BCUT2D eigenvalue weighted by Gasteiger charge is -2.18. The summed E-state index contributed by atoms with van der Waals surface area (Å²) in [4.78, 5) is 0. The lowest BCUT2D eigenvalue weighted by molar-refractivity contribution is 0.409. The number of hydrogen-bond donors (Lipinski definition) is 0. The van der Waals surface area contributed by atoms with Crippen molar-refractivity contribution in [1.82, 2.24) is 0 Å². The predicted molar refractivity (Wildman–Crippen MR) is 40.0 cm³/mol. The fourth-order valence-electron chi connectivity index (χ4n) is 1.28. The highest BCUT2D eigenvalue weighted by molar-refractivity contribution is 4.88. The standard InChI is InChI=1S/C9H15/c1-8(2)9-6-4-3-5-7-9/h7-9H,3-4,6H2,1-2H3. The van der Waals surface area contributed by atoms with Crippen molar-refractivity contribution in [3.05, 3.63) is 12.2 Å². The molecule has 1 aliphatic rings. The molecule has 0 saturated carbocycles. The van der Waals surface area contributed by atoms with Gasteiger partial charge in [0.2, 0.25) is 0 Å². The molecule has 0 amide bonds. The van der Waals surface area contributed by atoms with Gasteiger partial charge in [-0.25, -0.2) is 0 Å². The molecule has 0 spiro atoms. The van der Waals surface area contributed by atoms with E-state index in [1.54, 1.807) is 0 Å². The van der Waals surface area contributed by atoms with Crippen LogP contribution < -0.4 is 0 Å². The van der Waals surface area contributed by atoms with Gasteiger partial charge in [0.1, 0.15) is 0 Å². The van der Waals surface area contributed by atoms with Crippen LogP contribution in [0.25, 0.3) is 0 Å². The Balaban J connectivity index is 2.40. The molecule has 0 aliphatic heterocycles. The average Bonchev–Trinajstić information content (AvgIpc) is 1.90. The molecule has 1 atom stereocenters. The first-order valence-electron chi connectivity index (χ1n) is 3.87. The second-order valence-electron chi connectivity index (χ2n) is 3.17. The summed E-state index contributed by atoms with van der Waals surface area (Å²) in [5.41, 5.74) is 0. The molecule has 0 saturated heterocycles. The van der Waals surface area contributed by atoms with Gasteiger partial charge in [-0.15, -0.1) is 0 Å². The summed E-state index contributed by atoms with van der Waals surface area (Å²) in [6.45, 7) is 4.57. The largest absolute Gasteiger partial charge is 0.0777 e. The number of hydrogen-bond acceptors (Lipinski definition) is 0. The Morgan fingerprint density at radius 1 is 1.56 bits per heavy atom. The highest BCUT2D eigenvalue weighted by atomic mass is 14.2. The van der Waals surface area contributed by atoms with E-state index < -0.39 is 0 Å². The maximum absolute atomic E-state index is 3.29. The Hall–Kier alpha value is -0.260. The maximum atomic E-state index is 3.29. The van der Waals surface area contributed by atoms with E-state index in [4.69, 9.17) is 0 Å². The molecule has 1 unspecified atom stereocenters. The van der Waals surface area contributed by atoms with Crippen molar-refractivity contribution in [2.24, 2.45) is 11.8 Å². The average molecular weight is 123 g/mol. The van der Waals surface area contributed by atoms with Crippen LogP contribution in [-0.2, 0) is 0 Å². The summed E-state index contributed by atoms with van der Waals surface area (Å²) in [5.74, 6) is 1.64. The SMILES string of the molecule is CC(C)C1C=[C]CCC1. The van der Waals surface area contributed by atoms with Gasteiger partial charge in [-0.3, -0.25) is 0 Å². The summed E-state index contributed by atoms with van der Waals surface area (Å²) in [6, 6.07) is 0. The zero-order chi connectivity index (χ0) is 6.69. The van der Waals surface area contributed by atoms with E-state index in [-0.39, 0.29) is 0 Å². The second-order valence-corrected chi connectivity index (χ2v) is 3.17. The van der Waals surface area contributed by atoms with Crippen LogP contribution in [0.15, 0.2) is 6.08 Å². The molecule has 9 heavy (non-hydrogen) atoms. The quantitative estimate of drug-likeness (QED) is 0.503. The molecule has 0 aromatic carbocycles. The highest BCUT2D eigenvalue weighted by Gasteiger charge is 2.11. The zero-order valence-electron chi connectivity index (χ0n) is 6.35. The smallest absolute Gasteiger partial charge is 0.0204 e. The monoisotopic (exact) mass is 123 g/mol. The fraction of sp³-hybridized carbons (Fsp3) is 0.778. The van der Waals surface area contributed by atoms with Crippen LogP contribution >= 0.6 is 0 Å². The summed E-state index contributed by atoms with van der Waals surface area (Å²) in [6.07, 6.45) is 9.46. The van der Waals surface area contributed by atoms with Crippen LogP contribution in [0.3, 0.4) is 0 Å². The topological polar surface area (TPSA) is 0 Å². The Bertz CT molecular complexity index is 101. The molecule has 0 heterocycles. The van der Waals surface area contributed by atoms with Crippen LogP contribution in [0.2, 0.25) is 0 Å². The summed E-state index contributed by atoms with van der Waals surface area (Å²) in [7, 11) is 0. The Morgan fingerprint density at radius 3 is 2.67 bits per heavy atom. The summed E-state index contributed by atoms with van der Waals surface area (Å²) >= 11 is 0. The van der Waals surface area contributed by atoms with Gasteiger partial charge in [0.15, 0.2) is 0 Å². The molecule has 1 radical (unpaired) electrons. The molecule has 1 aliphatic carbocycles. The molecular weight excluding hydrogens is 108 g/mol. The molecule has 0 N–H and O–H groups in total. The van der Waals surface area contributed by atoms with Crippen LogP contribution in [0.1, 0.15) is 33.1 Å². The lowest BCUT2D eigenvalue weighted by Crippen LogP contribution is -2.07. The minimum Gasteiger partial charge on any atom is -0.0777 e. The Labute approximate surface area is 58.0 Å². The van der Waals surface area contributed by atoms with Gasteiger partial charge in [-0.05, 0) is 37.2 Å². The first kappa shape index (κ1) is 6.85. The van der Waals surface area contributed by atoms with Crippen molar-refractivity contribution < 1.29 is 0 Å². The van der Waals surface area contributed by atoms with Gasteiger partial charge in [0.25, 0.3) is 0 Å². The minimum atomic E-state index is 0.817. The molecule has 1 rings (SSSR count). The van der Waals surface area contributed by atoms with Crippen molar-refractivity contribution in [3.8, 4) is 0 Å². The first-order valence-corrected chi connectivity index (χ1v) is 3.87. The van der Waals surface area contributed by atoms with E-state index >= 15 is 0 Å². The maximum Gasteiger partial charge on any atom is -0.0204 e. The van der Waals surface area contributed by atoms with Gasteiger partial charge in [0, 0.05) is 0 Å². The molecule has 0 bridgehead atoms. The van der Waals surface area contributed by atoms with E-state index in [1.807, 2.05) is 0 Å². The van der Waals surface area contributed by atoms with E-state index in [2.05, 4.69) is 26.0 Å². The van der Waals surface area contributed by atoms with E-state index in [0.29, 0.717) is 0 Å². The summed E-state index contributed by atoms with van der Waals surface area (Å²) in [5, 5.41) is 0. The van der Waals surface area contributed by atoms with Crippen LogP contribution in [0, 0.1) is 17.9 Å². The fourth-order valence-corrected chi connectivity index (χ4v) is 1.28. The molecule has 0 aromatic heterocycles. The van der Waals surface area contributed by atoms with Crippen LogP contribution in [0.5, 0.6) is 0 Å². The van der Waals surface area contributed by atoms with E-state index in [9.17, 15) is 0 Å². The molecule has 51 valence electrons. The van der Waals surface area contributed by atoms with Gasteiger partial charge >= 0.3 is 0 Å². The van der Waals surface area contributed by atoms with Crippen LogP contribution in [-0.4, -0.2) is 0 Å². The molecule has 0 nitrogen and oxygen atoms in total. The number of rotatable bonds is 1. The minimum absolute atomic E-state index is 0.817. The molecular formula is C9H15. The van der Waals surface area contributed by atoms with Crippen molar-refractivity contribution in [3.63, 3.8) is 0 Å². The van der Waals surface area contributed by atoms with E-state index in [0.717, 1.165) is 11.8 Å². The normalized spacial score (nSPS) is 27.2. The summed E-state index contributed by atoms with van der Waals surface area (Å²) < 4.78 is 0. The lowest BCUT2D eigenvalue weighted by atomic mass is 9.87. The van der Waals surface area contributed by atoms with Gasteiger partial charge in [-0.2, -0.15) is 0 Å². The predicted octanol–water partition coefficient (Wildman–Crippen LogP) is 2.80. The Kier molecular flexibility index (Phi) is 2.32. The Morgan fingerprint density at radius 2 is 2.33 bits per heavy atom. The third-order valence-electron chi connectivity index (χ3n) is 2.05. The second kappa shape index (κ2) is 3.05. The van der Waals surface area contributed by atoms with Crippen molar-refractivity contribution in [1.29, 1.82) is 0 Å². The highest BCUT2D eigenvalue weighted by Crippen LogP contribution is 2.23. The molecule has 0 aromatic rings. The molecule has 0 fully saturated rings. The molecule has 0 heteroatoms. The first-order chi connectivity index (χ1) is 4.30. The number of allylic oxidation sites excluding steroid dienone is 2. The van der Waals surface area contributed by atoms with Crippen molar-refractivity contribution in [2.75, 3.05) is 0 Å².